The molecule has 1 N–H and O–H groups in total. The summed E-state index contributed by atoms with van der Waals surface area (Å²) < 4.78 is 2.17. The molecule has 1 aromatic heterocycles. The van der Waals surface area contributed by atoms with Crippen LogP contribution in [0, 0.1) is 12.8 Å². The highest BCUT2D eigenvalue weighted by atomic mass is 16.4. The highest BCUT2D eigenvalue weighted by Gasteiger charge is 2.19. The molecule has 1 heterocycles. The van der Waals surface area contributed by atoms with Crippen LogP contribution in [0.1, 0.15) is 49.4 Å². The van der Waals surface area contributed by atoms with Crippen molar-refractivity contribution in [1.82, 2.24) is 9.55 Å². The molecule has 2 rings (SSSR count). The molecule has 0 bridgehead atoms. The second-order valence-corrected chi connectivity index (χ2v) is 5.26. The Morgan fingerprint density at radius 1 is 1.42 bits per heavy atom. The number of rotatable bonds is 4. The molecule has 2 aromatic rings. The summed E-state index contributed by atoms with van der Waals surface area (Å²) in [6.07, 6.45) is 1.00. The number of nitrogens with zero attached hydrogens (tertiary/aromatic N) is 2. The predicted octanol–water partition coefficient (Wildman–Crippen LogP) is 3.65. The number of carboxylic acid groups (broad SMARTS) is 1. The zero-order valence-corrected chi connectivity index (χ0v) is 11.8. The van der Waals surface area contributed by atoms with Gasteiger partial charge in [0.1, 0.15) is 5.82 Å². The number of aryl methyl sites for hydroxylation is 1. The summed E-state index contributed by atoms with van der Waals surface area (Å²) in [7, 11) is 0. The Morgan fingerprint density at radius 2 is 2.11 bits per heavy atom. The number of aromatic carboxylic acids is 1. The van der Waals surface area contributed by atoms with E-state index >= 15 is 0 Å². The molecular weight excluding hydrogens is 240 g/mol. The van der Waals surface area contributed by atoms with Gasteiger partial charge < -0.3 is 9.67 Å². The highest BCUT2D eigenvalue weighted by molar-refractivity contribution is 5.92. The van der Waals surface area contributed by atoms with E-state index < -0.39 is 5.97 Å². The molecule has 0 spiro atoms. The minimum absolute atomic E-state index is 0.312. The van der Waals surface area contributed by atoms with Crippen molar-refractivity contribution in [2.24, 2.45) is 5.92 Å². The molecule has 4 heteroatoms. The van der Waals surface area contributed by atoms with Crippen molar-refractivity contribution in [3.05, 3.63) is 29.6 Å². The van der Waals surface area contributed by atoms with Gasteiger partial charge >= 0.3 is 5.97 Å². The van der Waals surface area contributed by atoms with Crippen molar-refractivity contribution in [2.45, 2.75) is 40.2 Å². The van der Waals surface area contributed by atoms with Crippen LogP contribution in [0.15, 0.2) is 18.2 Å². The number of carbonyl (C=O) groups is 1. The van der Waals surface area contributed by atoms with E-state index in [1.807, 2.05) is 6.92 Å². The minimum Gasteiger partial charge on any atom is -0.478 e. The molecule has 0 saturated heterocycles. The van der Waals surface area contributed by atoms with Crippen LogP contribution in [0.5, 0.6) is 0 Å². The summed E-state index contributed by atoms with van der Waals surface area (Å²) in [5.41, 5.74) is 2.09. The van der Waals surface area contributed by atoms with E-state index in [9.17, 15) is 4.79 Å². The SMILES string of the molecule is CCC(C(C)C)n1c(C)nc2ccc(C(=O)O)cc21. The summed E-state index contributed by atoms with van der Waals surface area (Å²) in [6, 6.07) is 5.46. The first-order chi connectivity index (χ1) is 8.95. The second kappa shape index (κ2) is 5.03. The lowest BCUT2D eigenvalue weighted by molar-refractivity contribution is 0.0697. The molecule has 1 unspecified atom stereocenters. The Hall–Kier alpha value is -1.84. The van der Waals surface area contributed by atoms with Crippen LogP contribution in [0.3, 0.4) is 0 Å². The van der Waals surface area contributed by atoms with E-state index in [0.717, 1.165) is 23.3 Å². The first-order valence-electron chi connectivity index (χ1n) is 6.67. The molecule has 0 aliphatic heterocycles. The number of carboxylic acids is 1. The summed E-state index contributed by atoms with van der Waals surface area (Å²) in [6.45, 7) is 8.49. The van der Waals surface area contributed by atoms with E-state index in [1.54, 1.807) is 18.2 Å². The Kier molecular flexibility index (Phi) is 3.60. The molecular formula is C15H20N2O2. The lowest BCUT2D eigenvalue weighted by Crippen LogP contribution is -2.15. The molecule has 0 amide bonds. The first-order valence-corrected chi connectivity index (χ1v) is 6.67. The fourth-order valence-electron chi connectivity index (χ4n) is 2.72. The van der Waals surface area contributed by atoms with Crippen LogP contribution in [-0.4, -0.2) is 20.6 Å². The zero-order chi connectivity index (χ0) is 14.2. The van der Waals surface area contributed by atoms with Crippen molar-refractivity contribution in [3.8, 4) is 0 Å². The smallest absolute Gasteiger partial charge is 0.335 e. The van der Waals surface area contributed by atoms with Crippen LogP contribution in [0.4, 0.5) is 0 Å². The van der Waals surface area contributed by atoms with Gasteiger partial charge in [-0.15, -0.1) is 0 Å². The third-order valence-electron chi connectivity index (χ3n) is 3.63. The standard InChI is InChI=1S/C15H20N2O2/c1-5-13(9(2)3)17-10(4)16-12-7-6-11(15(18)19)8-14(12)17/h6-9,13H,5H2,1-4H3,(H,18,19). The first kappa shape index (κ1) is 13.6. The van der Waals surface area contributed by atoms with Crippen molar-refractivity contribution in [2.75, 3.05) is 0 Å². The predicted molar refractivity (Wildman–Crippen MR) is 75.6 cm³/mol. The lowest BCUT2D eigenvalue weighted by atomic mass is 10.0. The van der Waals surface area contributed by atoms with Crippen molar-refractivity contribution < 1.29 is 9.90 Å². The van der Waals surface area contributed by atoms with Crippen LogP contribution in [-0.2, 0) is 0 Å². The Morgan fingerprint density at radius 3 is 2.63 bits per heavy atom. The van der Waals surface area contributed by atoms with Crippen LogP contribution in [0.25, 0.3) is 11.0 Å². The molecule has 102 valence electrons. The average Bonchev–Trinajstić information content (AvgIpc) is 2.66. The third kappa shape index (κ3) is 2.35. The maximum Gasteiger partial charge on any atom is 0.335 e. The van der Waals surface area contributed by atoms with Crippen LogP contribution >= 0.6 is 0 Å². The molecule has 0 aliphatic carbocycles. The number of aromatic nitrogens is 2. The van der Waals surface area contributed by atoms with Crippen LogP contribution in [0.2, 0.25) is 0 Å². The van der Waals surface area contributed by atoms with E-state index in [2.05, 4.69) is 30.3 Å². The molecule has 0 fully saturated rings. The minimum atomic E-state index is -0.898. The summed E-state index contributed by atoms with van der Waals surface area (Å²) in [4.78, 5) is 15.6. The fraction of sp³-hybridized carbons (Fsp3) is 0.467. The van der Waals surface area contributed by atoms with E-state index in [-0.39, 0.29) is 0 Å². The Bertz CT molecular complexity index is 614. The van der Waals surface area contributed by atoms with Gasteiger partial charge in [0.25, 0.3) is 0 Å². The topological polar surface area (TPSA) is 55.1 Å². The van der Waals surface area contributed by atoms with Crippen molar-refractivity contribution >= 4 is 17.0 Å². The second-order valence-electron chi connectivity index (χ2n) is 5.26. The number of imidazole rings is 1. The van der Waals surface area contributed by atoms with Gasteiger partial charge in [-0.1, -0.05) is 20.8 Å². The highest BCUT2D eigenvalue weighted by Crippen LogP contribution is 2.28. The van der Waals surface area contributed by atoms with Gasteiger partial charge in [-0.2, -0.15) is 0 Å². The molecule has 1 aromatic carbocycles. The molecule has 0 radical (unpaired) electrons. The maximum atomic E-state index is 11.1. The quantitative estimate of drug-likeness (QED) is 0.912. The van der Waals surface area contributed by atoms with Gasteiger partial charge in [-0.05, 0) is 37.5 Å². The van der Waals surface area contributed by atoms with Gasteiger partial charge in [0.15, 0.2) is 0 Å². The van der Waals surface area contributed by atoms with E-state index in [1.165, 1.54) is 0 Å². The van der Waals surface area contributed by atoms with Gasteiger partial charge in [0, 0.05) is 6.04 Å². The average molecular weight is 260 g/mol. The molecule has 19 heavy (non-hydrogen) atoms. The number of benzene rings is 1. The van der Waals surface area contributed by atoms with Crippen LogP contribution < -0.4 is 0 Å². The fourth-order valence-corrected chi connectivity index (χ4v) is 2.72. The van der Waals surface area contributed by atoms with Gasteiger partial charge in [-0.25, -0.2) is 9.78 Å². The number of fused-ring (bicyclic) bond motifs is 1. The summed E-state index contributed by atoms with van der Waals surface area (Å²) in [5, 5.41) is 9.12. The van der Waals surface area contributed by atoms with Crippen molar-refractivity contribution in [3.63, 3.8) is 0 Å². The molecule has 4 nitrogen and oxygen atoms in total. The maximum absolute atomic E-state index is 11.1. The molecule has 0 saturated carbocycles. The zero-order valence-electron chi connectivity index (χ0n) is 11.8. The van der Waals surface area contributed by atoms with E-state index in [4.69, 9.17) is 5.11 Å². The Labute approximate surface area is 113 Å². The largest absolute Gasteiger partial charge is 0.478 e. The van der Waals surface area contributed by atoms with E-state index in [0.29, 0.717) is 17.5 Å². The van der Waals surface area contributed by atoms with Crippen molar-refractivity contribution in [1.29, 1.82) is 0 Å². The molecule has 1 atom stereocenters. The van der Waals surface area contributed by atoms with Gasteiger partial charge in [0.2, 0.25) is 0 Å². The lowest BCUT2D eigenvalue weighted by Gasteiger charge is -2.23. The third-order valence-corrected chi connectivity index (χ3v) is 3.63. The summed E-state index contributed by atoms with van der Waals surface area (Å²) in [5.74, 6) is 0.526. The molecule has 0 aliphatic rings. The monoisotopic (exact) mass is 260 g/mol. The van der Waals surface area contributed by atoms with Gasteiger partial charge in [-0.3, -0.25) is 0 Å². The Balaban J connectivity index is 2.67. The number of hydrogen-bond acceptors (Lipinski definition) is 2. The number of hydrogen-bond donors (Lipinski definition) is 1. The van der Waals surface area contributed by atoms with Gasteiger partial charge in [0.05, 0.1) is 16.6 Å². The normalized spacial score (nSPS) is 13.1. The summed E-state index contributed by atoms with van der Waals surface area (Å²) >= 11 is 0.